The van der Waals surface area contributed by atoms with Crippen LogP contribution in [-0.2, 0) is 9.53 Å². The first-order valence-electron chi connectivity index (χ1n) is 4.49. The van der Waals surface area contributed by atoms with Gasteiger partial charge in [-0.3, -0.25) is 9.59 Å². The van der Waals surface area contributed by atoms with Crippen LogP contribution in [0.5, 0.6) is 0 Å². The van der Waals surface area contributed by atoms with Gasteiger partial charge in [-0.2, -0.15) is 0 Å². The van der Waals surface area contributed by atoms with E-state index in [-0.39, 0.29) is 17.8 Å². The van der Waals surface area contributed by atoms with Crippen LogP contribution in [0.15, 0.2) is 42.5 Å². The second kappa shape index (κ2) is 5.10. The van der Waals surface area contributed by atoms with Gasteiger partial charge in [0.05, 0.1) is 13.5 Å². The van der Waals surface area contributed by atoms with Gasteiger partial charge in [0.25, 0.3) is 0 Å². The molecule has 0 atom stereocenters. The van der Waals surface area contributed by atoms with Gasteiger partial charge < -0.3 is 4.74 Å². The summed E-state index contributed by atoms with van der Waals surface area (Å²) in [5.74, 6) is -0.676. The molecule has 0 amide bonds. The van der Waals surface area contributed by atoms with E-state index in [2.05, 4.69) is 11.3 Å². The minimum absolute atomic E-state index is 0.0653. The van der Waals surface area contributed by atoms with Crippen molar-refractivity contribution in [3.8, 4) is 0 Å². The summed E-state index contributed by atoms with van der Waals surface area (Å²) in [6, 6.07) is 8.72. The molecule has 0 saturated heterocycles. The van der Waals surface area contributed by atoms with Gasteiger partial charge in [0.15, 0.2) is 5.78 Å². The normalized spacial score (nSPS) is 9.40. The lowest BCUT2D eigenvalue weighted by Gasteiger charge is -2.03. The molecule has 3 heteroatoms. The van der Waals surface area contributed by atoms with Crippen LogP contribution in [0.3, 0.4) is 0 Å². The fourth-order valence-corrected chi connectivity index (χ4v) is 1.12. The summed E-state index contributed by atoms with van der Waals surface area (Å²) in [5, 5.41) is 0. The second-order valence-corrected chi connectivity index (χ2v) is 3.05. The average molecular weight is 204 g/mol. The van der Waals surface area contributed by atoms with Crippen molar-refractivity contribution in [3.05, 3.63) is 48.0 Å². The van der Waals surface area contributed by atoms with Gasteiger partial charge in [0.2, 0.25) is 0 Å². The second-order valence-electron chi connectivity index (χ2n) is 3.05. The topological polar surface area (TPSA) is 43.4 Å². The summed E-state index contributed by atoms with van der Waals surface area (Å²) in [7, 11) is 1.28. The van der Waals surface area contributed by atoms with Crippen molar-refractivity contribution in [2.24, 2.45) is 0 Å². The van der Waals surface area contributed by atoms with Crippen LogP contribution in [0.1, 0.15) is 16.8 Å². The summed E-state index contributed by atoms with van der Waals surface area (Å²) in [5.41, 5.74) is 0.777. The van der Waals surface area contributed by atoms with Crippen LogP contribution < -0.4 is 0 Å². The van der Waals surface area contributed by atoms with Crippen molar-refractivity contribution in [2.45, 2.75) is 6.42 Å². The van der Waals surface area contributed by atoms with Crippen LogP contribution in [0.25, 0.3) is 0 Å². The molecule has 0 aliphatic rings. The van der Waals surface area contributed by atoms with E-state index in [4.69, 9.17) is 0 Å². The van der Waals surface area contributed by atoms with E-state index in [1.807, 2.05) is 6.07 Å². The van der Waals surface area contributed by atoms with Crippen LogP contribution in [0, 0.1) is 0 Å². The summed E-state index contributed by atoms with van der Waals surface area (Å²) < 4.78 is 4.45. The van der Waals surface area contributed by atoms with E-state index in [0.717, 1.165) is 0 Å². The summed E-state index contributed by atoms with van der Waals surface area (Å²) in [6.45, 7) is 3.57. The fraction of sp³-hybridized carbons (Fsp3) is 0.167. The molecular formula is C12H12O3. The number of methoxy groups -OCH3 is 1. The summed E-state index contributed by atoms with van der Waals surface area (Å²) in [6.07, 6.45) is -0.0653. The summed E-state index contributed by atoms with van der Waals surface area (Å²) in [4.78, 5) is 22.6. The third kappa shape index (κ3) is 3.06. The molecule has 1 rings (SSSR count). The molecule has 0 fully saturated rings. The SMILES string of the molecule is C=C(CC(=O)OC)C(=O)c1ccccc1. The highest BCUT2D eigenvalue weighted by Crippen LogP contribution is 2.10. The Morgan fingerprint density at radius 3 is 2.40 bits per heavy atom. The number of carbonyl (C=O) groups is 2. The third-order valence-electron chi connectivity index (χ3n) is 1.94. The van der Waals surface area contributed by atoms with Gasteiger partial charge in [-0.1, -0.05) is 36.9 Å². The van der Waals surface area contributed by atoms with Crippen LogP contribution in [-0.4, -0.2) is 18.9 Å². The number of hydrogen-bond donors (Lipinski definition) is 0. The Kier molecular flexibility index (Phi) is 3.80. The third-order valence-corrected chi connectivity index (χ3v) is 1.94. The molecule has 0 aliphatic carbocycles. The van der Waals surface area contributed by atoms with E-state index in [1.54, 1.807) is 24.3 Å². The first-order chi connectivity index (χ1) is 7.15. The fourth-order valence-electron chi connectivity index (χ4n) is 1.12. The Hall–Kier alpha value is -1.90. The van der Waals surface area contributed by atoms with E-state index in [1.165, 1.54) is 7.11 Å². The Morgan fingerprint density at radius 2 is 1.87 bits per heavy atom. The van der Waals surface area contributed by atoms with Crippen molar-refractivity contribution in [1.82, 2.24) is 0 Å². The molecule has 0 heterocycles. The van der Waals surface area contributed by atoms with E-state index in [0.29, 0.717) is 5.56 Å². The van der Waals surface area contributed by atoms with Crippen LogP contribution in [0.4, 0.5) is 0 Å². The lowest BCUT2D eigenvalue weighted by molar-refractivity contribution is -0.139. The number of Topliss-reactive ketones (excluding diaryl/α,β-unsaturated/α-hetero) is 1. The standard InChI is InChI=1S/C12H12O3/c1-9(8-11(13)15-2)12(14)10-6-4-3-5-7-10/h3-7H,1,8H2,2H3. The number of carbonyl (C=O) groups excluding carboxylic acids is 2. The number of benzene rings is 1. The minimum Gasteiger partial charge on any atom is -0.469 e. The Labute approximate surface area is 88.4 Å². The first-order valence-corrected chi connectivity index (χ1v) is 4.49. The maximum absolute atomic E-state index is 11.7. The van der Waals surface area contributed by atoms with Gasteiger partial charge in [-0.25, -0.2) is 0 Å². The predicted molar refractivity (Wildman–Crippen MR) is 56.5 cm³/mol. The molecular weight excluding hydrogens is 192 g/mol. The van der Waals surface area contributed by atoms with Gasteiger partial charge in [-0.15, -0.1) is 0 Å². The van der Waals surface area contributed by atoms with E-state index < -0.39 is 5.97 Å². The Bertz CT molecular complexity index is 379. The van der Waals surface area contributed by atoms with Crippen LogP contribution >= 0.6 is 0 Å². The molecule has 0 bridgehead atoms. The van der Waals surface area contributed by atoms with Crippen molar-refractivity contribution < 1.29 is 14.3 Å². The lowest BCUT2D eigenvalue weighted by atomic mass is 10.0. The number of ether oxygens (including phenoxy) is 1. The molecule has 0 spiro atoms. The lowest BCUT2D eigenvalue weighted by Crippen LogP contribution is -2.08. The molecule has 3 nitrogen and oxygen atoms in total. The quantitative estimate of drug-likeness (QED) is 0.428. The van der Waals surface area contributed by atoms with Gasteiger partial charge >= 0.3 is 5.97 Å². The van der Waals surface area contributed by atoms with Crippen molar-refractivity contribution >= 4 is 11.8 Å². The highest BCUT2D eigenvalue weighted by molar-refractivity contribution is 6.10. The Balaban J connectivity index is 2.70. The molecule has 0 saturated carbocycles. The average Bonchev–Trinajstić information content (AvgIpc) is 2.29. The van der Waals surface area contributed by atoms with E-state index >= 15 is 0 Å². The molecule has 78 valence electrons. The van der Waals surface area contributed by atoms with Crippen molar-refractivity contribution in [2.75, 3.05) is 7.11 Å². The number of esters is 1. The molecule has 0 radical (unpaired) electrons. The monoisotopic (exact) mass is 204 g/mol. The zero-order valence-electron chi connectivity index (χ0n) is 8.53. The highest BCUT2D eigenvalue weighted by Gasteiger charge is 2.13. The molecule has 0 aliphatic heterocycles. The number of rotatable bonds is 4. The smallest absolute Gasteiger partial charge is 0.310 e. The number of ketones is 1. The predicted octanol–water partition coefficient (Wildman–Crippen LogP) is 1.99. The molecule has 0 unspecified atom stereocenters. The van der Waals surface area contributed by atoms with Crippen LogP contribution in [0.2, 0.25) is 0 Å². The molecule has 0 N–H and O–H groups in total. The highest BCUT2D eigenvalue weighted by atomic mass is 16.5. The largest absolute Gasteiger partial charge is 0.469 e. The van der Waals surface area contributed by atoms with Gasteiger partial charge in [0.1, 0.15) is 0 Å². The summed E-state index contributed by atoms with van der Waals surface area (Å²) >= 11 is 0. The Morgan fingerprint density at radius 1 is 1.27 bits per heavy atom. The zero-order chi connectivity index (χ0) is 11.3. The first kappa shape index (κ1) is 11.2. The van der Waals surface area contributed by atoms with Gasteiger partial charge in [0, 0.05) is 11.1 Å². The van der Waals surface area contributed by atoms with Crippen molar-refractivity contribution in [3.63, 3.8) is 0 Å². The van der Waals surface area contributed by atoms with E-state index in [9.17, 15) is 9.59 Å². The molecule has 1 aromatic carbocycles. The molecule has 0 aromatic heterocycles. The zero-order valence-corrected chi connectivity index (χ0v) is 8.53. The number of hydrogen-bond acceptors (Lipinski definition) is 3. The minimum atomic E-state index is -0.454. The maximum atomic E-state index is 11.7. The molecule has 1 aromatic rings. The van der Waals surface area contributed by atoms with Gasteiger partial charge in [-0.05, 0) is 0 Å². The maximum Gasteiger partial charge on any atom is 0.310 e. The van der Waals surface area contributed by atoms with Crippen molar-refractivity contribution in [1.29, 1.82) is 0 Å². The molecule has 15 heavy (non-hydrogen) atoms.